The topological polar surface area (TPSA) is 75.0 Å². The van der Waals surface area contributed by atoms with Crippen LogP contribution in [0.1, 0.15) is 35.6 Å². The number of carbonyl (C=O) groups is 1. The van der Waals surface area contributed by atoms with Crippen LogP contribution in [0.15, 0.2) is 52.9 Å². The van der Waals surface area contributed by atoms with Crippen molar-refractivity contribution in [2.75, 3.05) is 12.4 Å². The van der Waals surface area contributed by atoms with Gasteiger partial charge in [0.05, 0.1) is 28.5 Å². The fraction of sp³-hybridized carbons (Fsp3) is 0.250. The van der Waals surface area contributed by atoms with Crippen LogP contribution in [0.2, 0.25) is 0 Å². The summed E-state index contributed by atoms with van der Waals surface area (Å²) >= 11 is 2.83. The van der Waals surface area contributed by atoms with Crippen molar-refractivity contribution in [1.82, 2.24) is 4.98 Å². The normalized spacial score (nSPS) is 11.8. The highest BCUT2D eigenvalue weighted by atomic mass is 32.2. The summed E-state index contributed by atoms with van der Waals surface area (Å²) in [4.78, 5) is 18.1. The smallest absolute Gasteiger partial charge is 0.238 e. The molecule has 0 aliphatic rings. The predicted octanol–water partition coefficient (Wildman–Crippen LogP) is 7.28. The summed E-state index contributed by atoms with van der Waals surface area (Å²) in [5.41, 5.74) is 6.64. The summed E-state index contributed by atoms with van der Waals surface area (Å²) in [6, 6.07) is 16.1. The molecule has 4 aromatic rings. The SMILES string of the molecule is CCC(Sc1cc(C)c2cc(C)cc(C)c2n1)C(=O)Nc1scc(-c2ccc(OC)cc2)c1C#N. The minimum absolute atomic E-state index is 0.127. The largest absolute Gasteiger partial charge is 0.497 e. The highest BCUT2D eigenvalue weighted by Crippen LogP contribution is 2.37. The first kappa shape index (κ1) is 24.8. The Morgan fingerprint density at radius 1 is 1.17 bits per heavy atom. The molecule has 0 saturated carbocycles. The summed E-state index contributed by atoms with van der Waals surface area (Å²) in [5, 5.41) is 17.0. The van der Waals surface area contributed by atoms with Crippen LogP contribution in [0, 0.1) is 32.1 Å². The lowest BCUT2D eigenvalue weighted by Crippen LogP contribution is -2.24. The molecule has 4 rings (SSSR count). The number of rotatable bonds is 7. The van der Waals surface area contributed by atoms with Gasteiger partial charge in [0, 0.05) is 16.3 Å². The molecule has 178 valence electrons. The van der Waals surface area contributed by atoms with Gasteiger partial charge < -0.3 is 10.1 Å². The molecule has 0 radical (unpaired) electrons. The van der Waals surface area contributed by atoms with E-state index >= 15 is 0 Å². The van der Waals surface area contributed by atoms with Gasteiger partial charge in [-0.1, -0.05) is 42.4 Å². The van der Waals surface area contributed by atoms with E-state index in [-0.39, 0.29) is 11.2 Å². The quantitative estimate of drug-likeness (QED) is 0.269. The Kier molecular flexibility index (Phi) is 7.44. The second-order valence-electron chi connectivity index (χ2n) is 8.45. The highest BCUT2D eigenvalue weighted by Gasteiger charge is 2.23. The molecule has 35 heavy (non-hydrogen) atoms. The number of nitrogens with zero attached hydrogens (tertiary/aromatic N) is 2. The summed E-state index contributed by atoms with van der Waals surface area (Å²) in [6.45, 7) is 8.23. The molecule has 0 bridgehead atoms. The number of methoxy groups -OCH3 is 1. The number of hydrogen-bond donors (Lipinski definition) is 1. The molecule has 7 heteroatoms. The Balaban J connectivity index is 1.56. The van der Waals surface area contributed by atoms with E-state index in [0.717, 1.165) is 43.9 Å². The van der Waals surface area contributed by atoms with E-state index in [9.17, 15) is 10.1 Å². The number of ether oxygens (including phenoxy) is 1. The third kappa shape index (κ3) is 5.19. The van der Waals surface area contributed by atoms with Crippen molar-refractivity contribution in [2.45, 2.75) is 44.4 Å². The van der Waals surface area contributed by atoms with E-state index in [1.54, 1.807) is 7.11 Å². The van der Waals surface area contributed by atoms with Crippen LogP contribution in [0.4, 0.5) is 5.00 Å². The first-order valence-electron chi connectivity index (χ1n) is 11.4. The lowest BCUT2D eigenvalue weighted by Gasteiger charge is -2.15. The summed E-state index contributed by atoms with van der Waals surface area (Å²) in [6.07, 6.45) is 0.640. The van der Waals surface area contributed by atoms with Gasteiger partial charge in [-0.2, -0.15) is 5.26 Å². The van der Waals surface area contributed by atoms with E-state index in [2.05, 4.69) is 50.4 Å². The summed E-state index contributed by atoms with van der Waals surface area (Å²) in [7, 11) is 1.62. The molecule has 2 heterocycles. The monoisotopic (exact) mass is 501 g/mol. The van der Waals surface area contributed by atoms with Gasteiger partial charge in [0.2, 0.25) is 5.91 Å². The number of amides is 1. The van der Waals surface area contributed by atoms with Crippen LogP contribution in [-0.4, -0.2) is 23.3 Å². The maximum Gasteiger partial charge on any atom is 0.238 e. The predicted molar refractivity (Wildman–Crippen MR) is 146 cm³/mol. The van der Waals surface area contributed by atoms with E-state index in [1.165, 1.54) is 28.7 Å². The Hall–Kier alpha value is -3.34. The Labute approximate surface area is 214 Å². The minimum Gasteiger partial charge on any atom is -0.497 e. The van der Waals surface area contributed by atoms with Crippen molar-refractivity contribution < 1.29 is 9.53 Å². The fourth-order valence-electron chi connectivity index (χ4n) is 4.08. The zero-order chi connectivity index (χ0) is 25.1. The molecule has 0 saturated heterocycles. The van der Waals surface area contributed by atoms with Crippen molar-refractivity contribution in [3.8, 4) is 22.9 Å². The number of aryl methyl sites for hydroxylation is 3. The van der Waals surface area contributed by atoms with Gasteiger partial charge in [-0.25, -0.2) is 4.98 Å². The van der Waals surface area contributed by atoms with Crippen LogP contribution >= 0.6 is 23.1 Å². The van der Waals surface area contributed by atoms with Gasteiger partial charge in [0.15, 0.2) is 0 Å². The van der Waals surface area contributed by atoms with Crippen molar-refractivity contribution in [2.24, 2.45) is 0 Å². The number of pyridine rings is 1. The Morgan fingerprint density at radius 3 is 2.57 bits per heavy atom. The maximum absolute atomic E-state index is 13.2. The average Bonchev–Trinajstić information content (AvgIpc) is 3.25. The minimum atomic E-state index is -0.330. The average molecular weight is 502 g/mol. The zero-order valence-electron chi connectivity index (χ0n) is 20.4. The number of thioether (sulfide) groups is 1. The van der Waals surface area contributed by atoms with Crippen molar-refractivity contribution >= 4 is 44.9 Å². The van der Waals surface area contributed by atoms with Gasteiger partial charge in [-0.15, -0.1) is 11.3 Å². The second kappa shape index (κ2) is 10.5. The molecule has 1 atom stereocenters. The van der Waals surface area contributed by atoms with E-state index in [0.29, 0.717) is 17.0 Å². The van der Waals surface area contributed by atoms with Crippen LogP contribution in [-0.2, 0) is 4.79 Å². The van der Waals surface area contributed by atoms with Crippen LogP contribution in [0.5, 0.6) is 5.75 Å². The Morgan fingerprint density at radius 2 is 1.91 bits per heavy atom. The van der Waals surface area contributed by atoms with Crippen molar-refractivity contribution in [3.05, 3.63) is 70.1 Å². The summed E-state index contributed by atoms with van der Waals surface area (Å²) < 4.78 is 5.22. The van der Waals surface area contributed by atoms with Gasteiger partial charge in [-0.3, -0.25) is 4.79 Å². The lowest BCUT2D eigenvalue weighted by atomic mass is 10.0. The van der Waals surface area contributed by atoms with Gasteiger partial charge in [-0.05, 0) is 68.1 Å². The molecule has 1 N–H and O–H groups in total. The number of anilines is 1. The molecule has 0 aliphatic carbocycles. The Bertz CT molecular complexity index is 1440. The molecular formula is C28H27N3O2S2. The standard InChI is InChI=1S/C28H27N3O2S2/c1-6-24(35-25-13-17(3)21-12-16(2)11-18(4)26(21)30-25)27(32)31-28-22(14-29)23(15-34-28)19-7-9-20(33-5)10-8-19/h7-13,15,24H,6H2,1-5H3,(H,31,32). The number of carbonyl (C=O) groups excluding carboxylic acids is 1. The molecule has 0 spiro atoms. The highest BCUT2D eigenvalue weighted by molar-refractivity contribution is 8.00. The number of thiophene rings is 1. The molecular weight excluding hydrogens is 474 g/mol. The maximum atomic E-state index is 13.2. The molecule has 5 nitrogen and oxygen atoms in total. The fourth-order valence-corrected chi connectivity index (χ4v) is 6.01. The van der Waals surface area contributed by atoms with E-state index in [1.807, 2.05) is 36.6 Å². The second-order valence-corrected chi connectivity index (χ2v) is 10.6. The first-order valence-corrected chi connectivity index (χ1v) is 13.1. The van der Waals surface area contributed by atoms with Gasteiger partial charge >= 0.3 is 0 Å². The number of fused-ring (bicyclic) bond motifs is 1. The molecule has 0 aliphatic heterocycles. The number of benzene rings is 2. The third-order valence-corrected chi connectivity index (χ3v) is 8.08. The molecule has 0 fully saturated rings. The van der Waals surface area contributed by atoms with Crippen LogP contribution in [0.3, 0.4) is 0 Å². The zero-order valence-corrected chi connectivity index (χ0v) is 22.1. The molecule has 2 aromatic carbocycles. The van der Waals surface area contributed by atoms with Crippen molar-refractivity contribution in [3.63, 3.8) is 0 Å². The molecule has 1 amide bonds. The first-order chi connectivity index (χ1) is 16.8. The van der Waals surface area contributed by atoms with E-state index < -0.39 is 0 Å². The number of nitrogens with one attached hydrogen (secondary N) is 1. The third-order valence-electron chi connectivity index (χ3n) is 5.90. The van der Waals surface area contributed by atoms with Gasteiger partial charge in [0.1, 0.15) is 16.8 Å². The number of hydrogen-bond acceptors (Lipinski definition) is 6. The lowest BCUT2D eigenvalue weighted by molar-refractivity contribution is -0.115. The molecule has 1 unspecified atom stereocenters. The number of nitriles is 1. The van der Waals surface area contributed by atoms with Crippen molar-refractivity contribution in [1.29, 1.82) is 5.26 Å². The van der Waals surface area contributed by atoms with Gasteiger partial charge in [0.25, 0.3) is 0 Å². The van der Waals surface area contributed by atoms with Crippen LogP contribution in [0.25, 0.3) is 22.0 Å². The number of aromatic nitrogens is 1. The van der Waals surface area contributed by atoms with Crippen LogP contribution < -0.4 is 10.1 Å². The summed E-state index contributed by atoms with van der Waals surface area (Å²) in [5.74, 6) is 0.624. The molecule has 2 aromatic heterocycles. The van der Waals surface area contributed by atoms with E-state index in [4.69, 9.17) is 9.72 Å².